The predicted molar refractivity (Wildman–Crippen MR) is 41.9 cm³/mol. The Morgan fingerprint density at radius 1 is 1.73 bits per heavy atom. The van der Waals surface area contributed by atoms with Gasteiger partial charge in [-0.3, -0.25) is 0 Å². The van der Waals surface area contributed by atoms with Gasteiger partial charge in [0.05, 0.1) is 0 Å². The lowest BCUT2D eigenvalue weighted by atomic mass is 10.4. The van der Waals surface area contributed by atoms with Crippen molar-refractivity contribution in [3.8, 4) is 0 Å². The van der Waals surface area contributed by atoms with Gasteiger partial charge in [-0.1, -0.05) is 13.5 Å². The van der Waals surface area contributed by atoms with Crippen LogP contribution in [0.2, 0.25) is 0 Å². The average Bonchev–Trinajstić information content (AvgIpc) is 1.87. The number of allylic oxidation sites excluding steroid dienone is 1. The molecule has 62 valence electrons. The molecule has 0 aliphatic heterocycles. The maximum absolute atomic E-state index is 10.7. The van der Waals surface area contributed by atoms with Gasteiger partial charge in [0.1, 0.15) is 0 Å². The van der Waals surface area contributed by atoms with Gasteiger partial charge in [0.15, 0.2) is 0 Å². The molecule has 0 atom stereocenters. The highest BCUT2D eigenvalue weighted by Crippen LogP contribution is 1.99. The topological polar surface area (TPSA) is 46.5 Å². The van der Waals surface area contributed by atoms with Gasteiger partial charge in [0.25, 0.3) is 5.95 Å². The van der Waals surface area contributed by atoms with Gasteiger partial charge in [-0.2, -0.15) is 0 Å². The third-order valence-corrected chi connectivity index (χ3v) is 0.924. The van der Waals surface area contributed by atoms with Crippen molar-refractivity contribution in [2.75, 3.05) is 0 Å². The Kier molecular flexibility index (Phi) is 4.03. The van der Waals surface area contributed by atoms with E-state index in [1.165, 1.54) is 13.0 Å². The van der Waals surface area contributed by atoms with E-state index >= 15 is 0 Å². The van der Waals surface area contributed by atoms with Gasteiger partial charge in [-0.25, -0.2) is 4.79 Å². The Morgan fingerprint density at radius 2 is 2.27 bits per heavy atom. The zero-order valence-electron chi connectivity index (χ0n) is 6.76. The number of carbonyl (C=O) groups is 1. The average molecular weight is 156 g/mol. The summed E-state index contributed by atoms with van der Waals surface area (Å²) in [7, 11) is 0. The van der Waals surface area contributed by atoms with E-state index in [1.54, 1.807) is 0 Å². The van der Waals surface area contributed by atoms with Crippen LogP contribution in [-0.4, -0.2) is 11.1 Å². The van der Waals surface area contributed by atoms with Gasteiger partial charge in [0, 0.05) is 5.57 Å². The number of esters is 1. The van der Waals surface area contributed by atoms with Crippen LogP contribution in [0, 0.1) is 0 Å². The zero-order valence-corrected chi connectivity index (χ0v) is 6.76. The van der Waals surface area contributed by atoms with Gasteiger partial charge < -0.3 is 9.84 Å². The van der Waals surface area contributed by atoms with Gasteiger partial charge in [0.2, 0.25) is 0 Å². The molecule has 0 aromatic carbocycles. The van der Waals surface area contributed by atoms with E-state index in [0.717, 1.165) is 0 Å². The predicted octanol–water partition coefficient (Wildman–Crippen LogP) is 1.92. The highest BCUT2D eigenvalue weighted by atomic mass is 16.6. The van der Waals surface area contributed by atoms with Crippen molar-refractivity contribution in [3.63, 3.8) is 0 Å². The summed E-state index contributed by atoms with van der Waals surface area (Å²) in [5, 5.41) is 8.85. The lowest BCUT2D eigenvalue weighted by Gasteiger charge is -2.00. The van der Waals surface area contributed by atoms with Crippen molar-refractivity contribution < 1.29 is 14.6 Å². The third-order valence-electron chi connectivity index (χ3n) is 0.924. The molecule has 0 rings (SSSR count). The number of carbonyl (C=O) groups excluding carboxylic acids is 1. The SMILES string of the molecule is C=C(C)C(=O)O/C(O)=C/CC. The van der Waals surface area contributed by atoms with Crippen molar-refractivity contribution in [1.29, 1.82) is 0 Å². The Bertz CT molecular complexity index is 192. The monoisotopic (exact) mass is 156 g/mol. The molecule has 0 aliphatic rings. The van der Waals surface area contributed by atoms with Gasteiger partial charge in [-0.05, 0) is 19.4 Å². The summed E-state index contributed by atoms with van der Waals surface area (Å²) in [6, 6.07) is 0. The molecule has 0 aliphatic carbocycles. The molecule has 0 spiro atoms. The second-order valence-electron chi connectivity index (χ2n) is 2.12. The summed E-state index contributed by atoms with van der Waals surface area (Å²) in [6.45, 7) is 6.70. The zero-order chi connectivity index (χ0) is 8.85. The highest BCUT2D eigenvalue weighted by Gasteiger charge is 2.04. The van der Waals surface area contributed by atoms with E-state index < -0.39 is 5.97 Å². The maximum Gasteiger partial charge on any atom is 0.340 e. The minimum Gasteiger partial charge on any atom is -0.481 e. The molecule has 0 saturated carbocycles. The Labute approximate surface area is 66.0 Å². The molecule has 3 nitrogen and oxygen atoms in total. The van der Waals surface area contributed by atoms with E-state index in [9.17, 15) is 4.79 Å². The molecule has 1 N–H and O–H groups in total. The fourth-order valence-electron chi connectivity index (χ4n) is 0.398. The van der Waals surface area contributed by atoms with E-state index in [2.05, 4.69) is 11.3 Å². The number of rotatable bonds is 3. The van der Waals surface area contributed by atoms with Crippen LogP contribution in [0.25, 0.3) is 0 Å². The third kappa shape index (κ3) is 4.19. The lowest BCUT2D eigenvalue weighted by molar-refractivity contribution is -0.138. The molecule has 0 amide bonds. The Balaban J connectivity index is 3.95. The van der Waals surface area contributed by atoms with E-state index in [0.29, 0.717) is 6.42 Å². The lowest BCUT2D eigenvalue weighted by Crippen LogP contribution is -2.04. The molecule has 0 aromatic rings. The molecule has 0 unspecified atom stereocenters. The molecule has 0 bridgehead atoms. The van der Waals surface area contributed by atoms with Crippen molar-refractivity contribution in [2.24, 2.45) is 0 Å². The number of aliphatic hydroxyl groups is 1. The molecule has 11 heavy (non-hydrogen) atoms. The molecular weight excluding hydrogens is 144 g/mol. The van der Waals surface area contributed by atoms with E-state index in [-0.39, 0.29) is 11.5 Å². The standard InChI is InChI=1S/C8H12O3/c1-4-5-7(9)11-8(10)6(2)3/h5,9H,2,4H2,1,3H3/b7-5+. The normalized spacial score (nSPS) is 10.9. The fourth-order valence-corrected chi connectivity index (χ4v) is 0.398. The number of hydrogen-bond donors (Lipinski definition) is 1. The first-order valence-electron chi connectivity index (χ1n) is 3.34. The smallest absolute Gasteiger partial charge is 0.340 e. The first-order chi connectivity index (χ1) is 5.07. The first-order valence-corrected chi connectivity index (χ1v) is 3.34. The van der Waals surface area contributed by atoms with Crippen molar-refractivity contribution >= 4 is 5.97 Å². The second kappa shape index (κ2) is 4.55. The molecule has 0 aromatic heterocycles. The fraction of sp³-hybridized carbons (Fsp3) is 0.375. The Morgan fingerprint density at radius 3 is 2.64 bits per heavy atom. The first kappa shape index (κ1) is 9.75. The van der Waals surface area contributed by atoms with E-state index in [1.807, 2.05) is 6.92 Å². The van der Waals surface area contributed by atoms with Crippen LogP contribution in [0.3, 0.4) is 0 Å². The van der Waals surface area contributed by atoms with Crippen LogP contribution < -0.4 is 0 Å². The van der Waals surface area contributed by atoms with Crippen LogP contribution in [-0.2, 0) is 9.53 Å². The quantitative estimate of drug-likeness (QED) is 0.385. The number of aliphatic hydroxyl groups excluding tert-OH is 1. The molecule has 0 fully saturated rings. The summed E-state index contributed by atoms with van der Waals surface area (Å²) < 4.78 is 4.43. The second-order valence-corrected chi connectivity index (χ2v) is 2.12. The summed E-state index contributed by atoms with van der Waals surface area (Å²) in [6.07, 6.45) is 2.02. The Hall–Kier alpha value is -1.25. The van der Waals surface area contributed by atoms with Crippen molar-refractivity contribution in [3.05, 3.63) is 24.2 Å². The molecule has 0 saturated heterocycles. The number of ether oxygens (including phenoxy) is 1. The van der Waals surface area contributed by atoms with Crippen molar-refractivity contribution in [1.82, 2.24) is 0 Å². The molecular formula is C8H12O3. The summed E-state index contributed by atoms with van der Waals surface area (Å²) in [5.74, 6) is -0.965. The van der Waals surface area contributed by atoms with Crippen LogP contribution in [0.4, 0.5) is 0 Å². The minimum atomic E-state index is -0.604. The van der Waals surface area contributed by atoms with Crippen LogP contribution in [0.5, 0.6) is 0 Å². The minimum absolute atomic E-state index is 0.265. The largest absolute Gasteiger partial charge is 0.481 e. The molecule has 0 heterocycles. The van der Waals surface area contributed by atoms with Crippen LogP contribution in [0.15, 0.2) is 24.2 Å². The highest BCUT2D eigenvalue weighted by molar-refractivity contribution is 5.87. The van der Waals surface area contributed by atoms with Crippen LogP contribution in [0.1, 0.15) is 20.3 Å². The van der Waals surface area contributed by atoms with Crippen LogP contribution >= 0.6 is 0 Å². The van der Waals surface area contributed by atoms with Gasteiger partial charge >= 0.3 is 5.97 Å². The van der Waals surface area contributed by atoms with Crippen molar-refractivity contribution in [2.45, 2.75) is 20.3 Å². The summed E-state index contributed by atoms with van der Waals surface area (Å²) in [4.78, 5) is 10.7. The summed E-state index contributed by atoms with van der Waals surface area (Å²) >= 11 is 0. The molecule has 0 radical (unpaired) electrons. The molecule has 3 heteroatoms. The van der Waals surface area contributed by atoms with E-state index in [4.69, 9.17) is 5.11 Å². The number of hydrogen-bond acceptors (Lipinski definition) is 3. The maximum atomic E-state index is 10.7. The summed E-state index contributed by atoms with van der Waals surface area (Å²) in [5.41, 5.74) is 0.265. The van der Waals surface area contributed by atoms with Gasteiger partial charge in [-0.15, -0.1) is 0 Å².